The minimum absolute atomic E-state index is 0.138. The SMILES string of the molecule is C#C[C@]1(O)CC[C@@H]2[C@H]3CCC4=CC(=O)CCC4=C3C(=O)C[C@@]21C. The molecule has 3 heteroatoms. The number of ketones is 2. The van der Waals surface area contributed by atoms with E-state index in [9.17, 15) is 14.7 Å². The van der Waals surface area contributed by atoms with E-state index in [-0.39, 0.29) is 23.4 Å². The van der Waals surface area contributed by atoms with Crippen LogP contribution in [0, 0.1) is 29.6 Å². The van der Waals surface area contributed by atoms with Crippen LogP contribution >= 0.6 is 0 Å². The van der Waals surface area contributed by atoms with Gasteiger partial charge in [-0.25, -0.2) is 0 Å². The highest BCUT2D eigenvalue weighted by Gasteiger charge is 2.62. The second-order valence-corrected chi connectivity index (χ2v) is 7.84. The van der Waals surface area contributed by atoms with Gasteiger partial charge in [0.1, 0.15) is 5.60 Å². The molecule has 4 rings (SSSR count). The van der Waals surface area contributed by atoms with Crippen molar-refractivity contribution in [2.45, 2.75) is 57.5 Å². The standard InChI is InChI=1S/C20H22O3/c1-3-20(23)9-8-16-15-6-4-12-10-13(21)5-7-14(12)18(15)17(22)11-19(16,20)2/h1,10,15-16,23H,4-9,11H2,2H3/t15-,16-,19+,20+/m1/s1. The largest absolute Gasteiger partial charge is 0.377 e. The molecule has 2 saturated carbocycles. The molecule has 2 fully saturated rings. The van der Waals surface area contributed by atoms with Gasteiger partial charge in [-0.05, 0) is 61.2 Å². The van der Waals surface area contributed by atoms with Gasteiger partial charge in [0.15, 0.2) is 11.6 Å². The maximum absolute atomic E-state index is 13.0. The fourth-order valence-electron chi connectivity index (χ4n) is 5.61. The number of Topliss-reactive ketones (excluding diaryl/α,β-unsaturated/α-hetero) is 1. The van der Waals surface area contributed by atoms with Crippen LogP contribution in [0.3, 0.4) is 0 Å². The first kappa shape index (κ1) is 14.9. The number of fused-ring (bicyclic) bond motifs is 4. The van der Waals surface area contributed by atoms with Crippen LogP contribution < -0.4 is 0 Å². The molecule has 1 N–H and O–H groups in total. The lowest BCUT2D eigenvalue weighted by atomic mass is 9.54. The summed E-state index contributed by atoms with van der Waals surface area (Å²) in [6, 6.07) is 0. The number of carbonyl (C=O) groups excluding carboxylic acids is 2. The van der Waals surface area contributed by atoms with Crippen LogP contribution in [0.25, 0.3) is 0 Å². The molecule has 0 aromatic rings. The first-order chi connectivity index (χ1) is 10.9. The van der Waals surface area contributed by atoms with Gasteiger partial charge in [-0.1, -0.05) is 12.8 Å². The summed E-state index contributed by atoms with van der Waals surface area (Å²) in [5.74, 6) is 3.37. The van der Waals surface area contributed by atoms with Crippen LogP contribution in [0.2, 0.25) is 0 Å². The fourth-order valence-corrected chi connectivity index (χ4v) is 5.61. The average molecular weight is 310 g/mol. The van der Waals surface area contributed by atoms with E-state index in [0.717, 1.165) is 36.0 Å². The zero-order chi connectivity index (χ0) is 16.4. The summed E-state index contributed by atoms with van der Waals surface area (Å²) < 4.78 is 0. The van der Waals surface area contributed by atoms with E-state index >= 15 is 0 Å². The Hall–Kier alpha value is -1.66. The zero-order valence-corrected chi connectivity index (χ0v) is 13.5. The molecule has 4 aliphatic rings. The van der Waals surface area contributed by atoms with E-state index in [1.54, 1.807) is 6.08 Å². The van der Waals surface area contributed by atoms with Gasteiger partial charge >= 0.3 is 0 Å². The second kappa shape index (κ2) is 4.68. The molecule has 0 aromatic heterocycles. The summed E-state index contributed by atoms with van der Waals surface area (Å²) in [7, 11) is 0. The highest BCUT2D eigenvalue weighted by molar-refractivity contribution is 6.01. The Morgan fingerprint density at radius 2 is 2.04 bits per heavy atom. The quantitative estimate of drug-likeness (QED) is 0.700. The Balaban J connectivity index is 1.82. The normalized spacial score (nSPS) is 42.6. The Bertz CT molecular complexity index is 720. The zero-order valence-electron chi connectivity index (χ0n) is 13.5. The van der Waals surface area contributed by atoms with E-state index < -0.39 is 11.0 Å². The van der Waals surface area contributed by atoms with Gasteiger partial charge in [0, 0.05) is 23.8 Å². The predicted molar refractivity (Wildman–Crippen MR) is 86.3 cm³/mol. The van der Waals surface area contributed by atoms with Crippen LogP contribution in [0.1, 0.15) is 51.9 Å². The third-order valence-electron chi connectivity index (χ3n) is 6.90. The maximum atomic E-state index is 13.0. The average Bonchev–Trinajstić information content (AvgIpc) is 2.78. The van der Waals surface area contributed by atoms with Crippen molar-refractivity contribution in [3.8, 4) is 12.3 Å². The maximum Gasteiger partial charge on any atom is 0.160 e. The minimum Gasteiger partial charge on any atom is -0.377 e. The lowest BCUT2D eigenvalue weighted by molar-refractivity contribution is -0.128. The number of hydrogen-bond acceptors (Lipinski definition) is 3. The van der Waals surface area contributed by atoms with Crippen LogP contribution in [-0.2, 0) is 9.59 Å². The van der Waals surface area contributed by atoms with E-state index in [1.807, 2.05) is 6.92 Å². The Morgan fingerprint density at radius 1 is 1.26 bits per heavy atom. The summed E-state index contributed by atoms with van der Waals surface area (Å²) in [6.07, 6.45) is 12.1. The van der Waals surface area contributed by atoms with Crippen molar-refractivity contribution in [2.24, 2.45) is 17.3 Å². The Morgan fingerprint density at radius 3 is 2.78 bits per heavy atom. The lowest BCUT2D eigenvalue weighted by Crippen LogP contribution is -2.51. The second-order valence-electron chi connectivity index (χ2n) is 7.84. The topological polar surface area (TPSA) is 54.4 Å². The number of allylic oxidation sites excluding steroid dienone is 4. The third-order valence-corrected chi connectivity index (χ3v) is 6.90. The van der Waals surface area contributed by atoms with Gasteiger partial charge in [-0.15, -0.1) is 6.42 Å². The molecule has 0 amide bonds. The summed E-state index contributed by atoms with van der Waals surface area (Å²) in [6.45, 7) is 2.00. The van der Waals surface area contributed by atoms with Crippen LogP contribution in [0.5, 0.6) is 0 Å². The number of carbonyl (C=O) groups is 2. The van der Waals surface area contributed by atoms with Crippen molar-refractivity contribution >= 4 is 11.6 Å². The molecule has 23 heavy (non-hydrogen) atoms. The molecule has 4 atom stereocenters. The van der Waals surface area contributed by atoms with Crippen molar-refractivity contribution in [3.05, 3.63) is 22.8 Å². The first-order valence-corrected chi connectivity index (χ1v) is 8.60. The number of aliphatic hydroxyl groups is 1. The van der Waals surface area contributed by atoms with Crippen LogP contribution in [-0.4, -0.2) is 22.3 Å². The molecule has 0 bridgehead atoms. The van der Waals surface area contributed by atoms with Crippen molar-refractivity contribution < 1.29 is 14.7 Å². The molecule has 4 aliphatic carbocycles. The van der Waals surface area contributed by atoms with Gasteiger partial charge in [-0.2, -0.15) is 0 Å². The molecule has 120 valence electrons. The Labute approximate surface area is 136 Å². The molecular formula is C20H22O3. The molecule has 3 nitrogen and oxygen atoms in total. The van der Waals surface area contributed by atoms with Gasteiger partial charge in [0.25, 0.3) is 0 Å². The number of terminal acetylenes is 1. The summed E-state index contributed by atoms with van der Waals surface area (Å²) >= 11 is 0. The van der Waals surface area contributed by atoms with E-state index in [2.05, 4.69) is 5.92 Å². The van der Waals surface area contributed by atoms with E-state index in [4.69, 9.17) is 6.42 Å². The molecule has 0 unspecified atom stereocenters. The van der Waals surface area contributed by atoms with Crippen molar-refractivity contribution in [2.75, 3.05) is 0 Å². The highest BCUT2D eigenvalue weighted by Crippen LogP contribution is 2.62. The number of rotatable bonds is 0. The van der Waals surface area contributed by atoms with E-state index in [1.165, 1.54) is 0 Å². The van der Waals surface area contributed by atoms with Crippen LogP contribution in [0.15, 0.2) is 22.8 Å². The Kier molecular flexibility index (Phi) is 3.03. The van der Waals surface area contributed by atoms with Crippen molar-refractivity contribution in [3.63, 3.8) is 0 Å². The van der Waals surface area contributed by atoms with Crippen molar-refractivity contribution in [1.29, 1.82) is 0 Å². The molecule has 0 aromatic carbocycles. The first-order valence-electron chi connectivity index (χ1n) is 8.60. The molecule has 0 saturated heterocycles. The molecular weight excluding hydrogens is 288 g/mol. The molecule has 0 radical (unpaired) electrons. The summed E-state index contributed by atoms with van der Waals surface area (Å²) in [5.41, 5.74) is 1.49. The van der Waals surface area contributed by atoms with Gasteiger partial charge in [0.2, 0.25) is 0 Å². The predicted octanol–water partition coefficient (Wildman–Crippen LogP) is 2.74. The van der Waals surface area contributed by atoms with Gasteiger partial charge < -0.3 is 5.11 Å². The van der Waals surface area contributed by atoms with E-state index in [0.29, 0.717) is 25.7 Å². The molecule has 0 spiro atoms. The molecule has 0 heterocycles. The van der Waals surface area contributed by atoms with Crippen LogP contribution in [0.4, 0.5) is 0 Å². The lowest BCUT2D eigenvalue weighted by Gasteiger charge is -2.49. The van der Waals surface area contributed by atoms with Gasteiger partial charge in [0.05, 0.1) is 0 Å². The summed E-state index contributed by atoms with van der Waals surface area (Å²) in [5, 5.41) is 10.9. The third kappa shape index (κ3) is 1.82. The minimum atomic E-state index is -1.16. The summed E-state index contributed by atoms with van der Waals surface area (Å²) in [4.78, 5) is 24.6. The highest BCUT2D eigenvalue weighted by atomic mass is 16.3. The molecule has 0 aliphatic heterocycles. The smallest absolute Gasteiger partial charge is 0.160 e. The van der Waals surface area contributed by atoms with Gasteiger partial charge in [-0.3, -0.25) is 9.59 Å². The monoisotopic (exact) mass is 310 g/mol. The number of hydrogen-bond donors (Lipinski definition) is 1. The van der Waals surface area contributed by atoms with Crippen molar-refractivity contribution in [1.82, 2.24) is 0 Å². The fraction of sp³-hybridized carbons (Fsp3) is 0.600.